The van der Waals surface area contributed by atoms with Crippen molar-refractivity contribution in [3.8, 4) is 0 Å². The highest BCUT2D eigenvalue weighted by atomic mass is 16.4. The van der Waals surface area contributed by atoms with Crippen molar-refractivity contribution in [2.24, 2.45) is 5.92 Å². The predicted molar refractivity (Wildman–Crippen MR) is 79.8 cm³/mol. The Kier molecular flexibility index (Phi) is 5.49. The van der Waals surface area contributed by atoms with Crippen molar-refractivity contribution in [3.05, 3.63) is 35.7 Å². The van der Waals surface area contributed by atoms with E-state index in [1.165, 1.54) is 38.0 Å². The molecule has 1 amide bonds. The van der Waals surface area contributed by atoms with Gasteiger partial charge in [0.1, 0.15) is 5.69 Å². The molecule has 1 fully saturated rings. The van der Waals surface area contributed by atoms with E-state index in [-0.39, 0.29) is 5.91 Å². The molecule has 0 bridgehead atoms. The molecule has 0 aliphatic heterocycles. The number of aromatic nitrogens is 1. The highest BCUT2D eigenvalue weighted by Gasteiger charge is 2.15. The van der Waals surface area contributed by atoms with Gasteiger partial charge >= 0.3 is 5.97 Å². The minimum atomic E-state index is -1.01. The third-order valence-corrected chi connectivity index (χ3v) is 3.75. The molecule has 112 valence electrons. The molecule has 1 heterocycles. The van der Waals surface area contributed by atoms with E-state index in [4.69, 9.17) is 5.11 Å². The molecule has 0 saturated heterocycles. The van der Waals surface area contributed by atoms with E-state index in [2.05, 4.69) is 10.3 Å². The van der Waals surface area contributed by atoms with Gasteiger partial charge in [-0.2, -0.15) is 0 Å². The van der Waals surface area contributed by atoms with Crippen LogP contribution in [0.25, 0.3) is 6.08 Å². The zero-order valence-corrected chi connectivity index (χ0v) is 11.9. The smallest absolute Gasteiger partial charge is 0.328 e. The molecule has 5 heteroatoms. The topological polar surface area (TPSA) is 79.3 Å². The van der Waals surface area contributed by atoms with Gasteiger partial charge in [0.25, 0.3) is 5.91 Å². The second-order valence-corrected chi connectivity index (χ2v) is 5.34. The second kappa shape index (κ2) is 7.57. The van der Waals surface area contributed by atoms with Gasteiger partial charge in [0, 0.05) is 18.8 Å². The van der Waals surface area contributed by atoms with Crippen LogP contribution in [0.15, 0.2) is 24.4 Å². The number of carboxylic acid groups (broad SMARTS) is 1. The van der Waals surface area contributed by atoms with E-state index >= 15 is 0 Å². The van der Waals surface area contributed by atoms with Gasteiger partial charge in [-0.25, -0.2) is 4.79 Å². The lowest BCUT2D eigenvalue weighted by Crippen LogP contribution is -2.26. The SMILES string of the molecule is O=C(O)C=Cc1ccc(C(=O)NCCC2CCCC2)nc1. The van der Waals surface area contributed by atoms with Crippen molar-refractivity contribution in [1.82, 2.24) is 10.3 Å². The van der Waals surface area contributed by atoms with Crippen LogP contribution >= 0.6 is 0 Å². The van der Waals surface area contributed by atoms with E-state index in [1.54, 1.807) is 12.1 Å². The van der Waals surface area contributed by atoms with Crippen molar-refractivity contribution in [1.29, 1.82) is 0 Å². The second-order valence-electron chi connectivity index (χ2n) is 5.34. The molecule has 1 aliphatic rings. The van der Waals surface area contributed by atoms with Gasteiger partial charge in [-0.05, 0) is 30.0 Å². The van der Waals surface area contributed by atoms with Crippen LogP contribution in [-0.4, -0.2) is 28.5 Å². The van der Waals surface area contributed by atoms with Crippen molar-refractivity contribution in [3.63, 3.8) is 0 Å². The van der Waals surface area contributed by atoms with Crippen LogP contribution in [0.1, 0.15) is 48.2 Å². The first-order valence-corrected chi connectivity index (χ1v) is 7.30. The quantitative estimate of drug-likeness (QED) is 0.788. The third kappa shape index (κ3) is 5.02. The van der Waals surface area contributed by atoms with Crippen LogP contribution in [0.2, 0.25) is 0 Å². The van der Waals surface area contributed by atoms with E-state index in [0.29, 0.717) is 17.8 Å². The summed E-state index contributed by atoms with van der Waals surface area (Å²) in [4.78, 5) is 26.4. The molecular formula is C16H20N2O3. The molecule has 0 atom stereocenters. The maximum Gasteiger partial charge on any atom is 0.328 e. The van der Waals surface area contributed by atoms with Gasteiger partial charge in [0.15, 0.2) is 0 Å². The third-order valence-electron chi connectivity index (χ3n) is 3.75. The molecule has 0 unspecified atom stereocenters. The zero-order chi connectivity index (χ0) is 15.1. The molecule has 0 aromatic carbocycles. The molecule has 0 spiro atoms. The standard InChI is InChI=1S/C16H20N2O3/c19-15(20)8-6-13-5-7-14(18-11-13)16(21)17-10-9-12-3-1-2-4-12/h5-8,11-12H,1-4,9-10H2,(H,17,21)(H,19,20). The first-order valence-electron chi connectivity index (χ1n) is 7.30. The maximum absolute atomic E-state index is 11.9. The number of carbonyl (C=O) groups excluding carboxylic acids is 1. The van der Waals surface area contributed by atoms with Gasteiger partial charge in [-0.15, -0.1) is 0 Å². The van der Waals surface area contributed by atoms with Gasteiger partial charge in [0.2, 0.25) is 0 Å². The van der Waals surface area contributed by atoms with Gasteiger partial charge in [-0.1, -0.05) is 31.7 Å². The summed E-state index contributed by atoms with van der Waals surface area (Å²) in [5, 5.41) is 11.4. The summed E-state index contributed by atoms with van der Waals surface area (Å²) < 4.78 is 0. The average Bonchev–Trinajstić information content (AvgIpc) is 2.99. The summed E-state index contributed by atoms with van der Waals surface area (Å²) in [6, 6.07) is 3.28. The Bertz CT molecular complexity index is 517. The van der Waals surface area contributed by atoms with Crippen LogP contribution in [-0.2, 0) is 4.79 Å². The van der Waals surface area contributed by atoms with Crippen LogP contribution in [0, 0.1) is 5.92 Å². The Balaban J connectivity index is 1.80. The largest absolute Gasteiger partial charge is 0.478 e. The first kappa shape index (κ1) is 15.2. The van der Waals surface area contributed by atoms with Gasteiger partial charge in [0.05, 0.1) is 0 Å². The molecule has 21 heavy (non-hydrogen) atoms. The molecule has 2 N–H and O–H groups in total. The van der Waals surface area contributed by atoms with Crippen LogP contribution in [0.5, 0.6) is 0 Å². The van der Waals surface area contributed by atoms with Crippen molar-refractivity contribution in [2.75, 3.05) is 6.54 Å². The number of nitrogens with zero attached hydrogens (tertiary/aromatic N) is 1. The number of carboxylic acids is 1. The Morgan fingerprint density at radius 3 is 2.71 bits per heavy atom. The van der Waals surface area contributed by atoms with Crippen molar-refractivity contribution in [2.45, 2.75) is 32.1 Å². The van der Waals surface area contributed by atoms with Crippen LogP contribution < -0.4 is 5.32 Å². The van der Waals surface area contributed by atoms with E-state index in [0.717, 1.165) is 18.4 Å². The number of hydrogen-bond acceptors (Lipinski definition) is 3. The summed E-state index contributed by atoms with van der Waals surface area (Å²) in [6.45, 7) is 0.686. The van der Waals surface area contributed by atoms with E-state index < -0.39 is 5.97 Å². The summed E-state index contributed by atoms with van der Waals surface area (Å²) in [5.41, 5.74) is 1.01. The van der Waals surface area contributed by atoms with Crippen molar-refractivity contribution >= 4 is 18.0 Å². The average molecular weight is 288 g/mol. The Morgan fingerprint density at radius 1 is 1.33 bits per heavy atom. The molecule has 1 aromatic rings. The summed E-state index contributed by atoms with van der Waals surface area (Å²) in [7, 11) is 0. The molecule has 5 nitrogen and oxygen atoms in total. The first-order chi connectivity index (χ1) is 10.1. The van der Waals surface area contributed by atoms with Gasteiger partial charge < -0.3 is 10.4 Å². The van der Waals surface area contributed by atoms with Gasteiger partial charge in [-0.3, -0.25) is 9.78 Å². The number of aliphatic carboxylic acids is 1. The minimum absolute atomic E-state index is 0.179. The van der Waals surface area contributed by atoms with Crippen LogP contribution in [0.3, 0.4) is 0 Å². The lowest BCUT2D eigenvalue weighted by atomic mass is 10.0. The lowest BCUT2D eigenvalue weighted by Gasteiger charge is -2.09. The Morgan fingerprint density at radius 2 is 2.10 bits per heavy atom. The molecule has 2 rings (SSSR count). The normalized spacial score (nSPS) is 15.4. The maximum atomic E-state index is 11.9. The number of amides is 1. The fraction of sp³-hybridized carbons (Fsp3) is 0.438. The van der Waals surface area contributed by atoms with Crippen LogP contribution in [0.4, 0.5) is 0 Å². The highest BCUT2D eigenvalue weighted by Crippen LogP contribution is 2.26. The molecule has 1 aliphatic carbocycles. The molecule has 1 saturated carbocycles. The van der Waals surface area contributed by atoms with E-state index in [9.17, 15) is 9.59 Å². The number of hydrogen-bond donors (Lipinski definition) is 2. The summed E-state index contributed by atoms with van der Waals surface area (Å²) in [6.07, 6.45) is 10.2. The molecule has 0 radical (unpaired) electrons. The number of pyridine rings is 1. The monoisotopic (exact) mass is 288 g/mol. The van der Waals surface area contributed by atoms with Crippen molar-refractivity contribution < 1.29 is 14.7 Å². The predicted octanol–water partition coefficient (Wildman–Crippen LogP) is 2.49. The number of carbonyl (C=O) groups is 2. The Hall–Kier alpha value is -2.17. The number of nitrogens with one attached hydrogen (secondary N) is 1. The number of rotatable bonds is 6. The fourth-order valence-electron chi connectivity index (χ4n) is 2.59. The molecule has 1 aromatic heterocycles. The lowest BCUT2D eigenvalue weighted by molar-refractivity contribution is -0.131. The minimum Gasteiger partial charge on any atom is -0.478 e. The highest BCUT2D eigenvalue weighted by molar-refractivity contribution is 5.92. The summed E-state index contributed by atoms with van der Waals surface area (Å²) in [5.74, 6) is -0.438. The molecular weight excluding hydrogens is 268 g/mol. The summed E-state index contributed by atoms with van der Waals surface area (Å²) >= 11 is 0. The fourth-order valence-corrected chi connectivity index (χ4v) is 2.59. The Labute approximate surface area is 124 Å². The zero-order valence-electron chi connectivity index (χ0n) is 11.9. The van der Waals surface area contributed by atoms with E-state index in [1.807, 2.05) is 0 Å².